The van der Waals surface area contributed by atoms with Gasteiger partial charge in [0.15, 0.2) is 0 Å². The molecule has 2 aromatic rings. The maximum absolute atomic E-state index is 12.8. The lowest BCUT2D eigenvalue weighted by molar-refractivity contribution is -0.138. The van der Waals surface area contributed by atoms with Gasteiger partial charge in [-0.25, -0.2) is 0 Å². The molecular weight excluding hydrogens is 408 g/mol. The first-order chi connectivity index (χ1) is 15.2. The fourth-order valence-electron chi connectivity index (χ4n) is 5.40. The van der Waals surface area contributed by atoms with Crippen LogP contribution in [0, 0.1) is 11.8 Å². The van der Waals surface area contributed by atoms with Gasteiger partial charge in [0, 0.05) is 35.5 Å². The van der Waals surface area contributed by atoms with Gasteiger partial charge in [-0.2, -0.15) is 0 Å². The predicted molar refractivity (Wildman–Crippen MR) is 122 cm³/mol. The second kappa shape index (κ2) is 9.13. The van der Waals surface area contributed by atoms with Crippen LogP contribution >= 0.6 is 11.3 Å². The zero-order valence-electron chi connectivity index (χ0n) is 17.8. The summed E-state index contributed by atoms with van der Waals surface area (Å²) < 4.78 is 6.40. The van der Waals surface area contributed by atoms with Crippen molar-refractivity contribution < 1.29 is 14.3 Å². The highest BCUT2D eigenvalue weighted by molar-refractivity contribution is 7.10. The van der Waals surface area contributed by atoms with Crippen molar-refractivity contribution in [2.75, 3.05) is 18.4 Å². The van der Waals surface area contributed by atoms with Gasteiger partial charge in [0.25, 0.3) is 0 Å². The van der Waals surface area contributed by atoms with E-state index in [1.807, 2.05) is 35.7 Å². The third kappa shape index (κ3) is 4.70. The van der Waals surface area contributed by atoms with Crippen LogP contribution < -0.4 is 5.32 Å². The van der Waals surface area contributed by atoms with Crippen LogP contribution in [0.4, 0.5) is 5.69 Å². The Hall–Kier alpha value is -2.18. The molecule has 0 spiro atoms. The molecule has 6 heteroatoms. The quantitative estimate of drug-likeness (QED) is 0.730. The zero-order chi connectivity index (χ0) is 21.2. The summed E-state index contributed by atoms with van der Waals surface area (Å²) in [4.78, 5) is 28.4. The van der Waals surface area contributed by atoms with Crippen LogP contribution in [-0.2, 0) is 20.7 Å². The van der Waals surface area contributed by atoms with Crippen molar-refractivity contribution in [3.05, 3.63) is 52.2 Å². The van der Waals surface area contributed by atoms with Crippen molar-refractivity contribution in [1.29, 1.82) is 0 Å². The lowest BCUT2D eigenvalue weighted by atomic mass is 9.90. The Morgan fingerprint density at radius 1 is 1.13 bits per heavy atom. The Bertz CT molecular complexity index is 923. The number of hydrogen-bond acceptors (Lipinski definition) is 4. The Balaban J connectivity index is 1.19. The molecule has 0 bridgehead atoms. The van der Waals surface area contributed by atoms with E-state index in [-0.39, 0.29) is 24.0 Å². The summed E-state index contributed by atoms with van der Waals surface area (Å²) in [7, 11) is 0. The number of carbonyl (C=O) groups is 2. The number of nitrogens with one attached hydrogen (secondary N) is 1. The SMILES string of the molecule is O=C(Cc1cccs1)Nc1cccc(C2CC3CN(C(=O)C4CCCC4)CCC3O2)c1. The van der Waals surface area contributed by atoms with Gasteiger partial charge >= 0.3 is 0 Å². The number of benzene rings is 1. The predicted octanol–water partition coefficient (Wildman–Crippen LogP) is 4.80. The molecule has 1 saturated carbocycles. The van der Waals surface area contributed by atoms with Gasteiger partial charge < -0.3 is 15.0 Å². The van der Waals surface area contributed by atoms with Crippen LogP contribution in [0.2, 0.25) is 0 Å². The number of carbonyl (C=O) groups excluding carboxylic acids is 2. The first kappa shape index (κ1) is 20.7. The number of likely N-dealkylation sites (tertiary alicyclic amines) is 1. The zero-order valence-corrected chi connectivity index (χ0v) is 18.6. The molecule has 164 valence electrons. The minimum Gasteiger partial charge on any atom is -0.370 e. The van der Waals surface area contributed by atoms with Gasteiger partial charge in [-0.15, -0.1) is 11.3 Å². The van der Waals surface area contributed by atoms with Gasteiger partial charge in [-0.3, -0.25) is 9.59 Å². The van der Waals surface area contributed by atoms with Crippen LogP contribution in [-0.4, -0.2) is 35.9 Å². The molecule has 2 saturated heterocycles. The van der Waals surface area contributed by atoms with Crippen LogP contribution in [0.15, 0.2) is 41.8 Å². The van der Waals surface area contributed by atoms with E-state index >= 15 is 0 Å². The summed E-state index contributed by atoms with van der Waals surface area (Å²) in [6, 6.07) is 12.0. The van der Waals surface area contributed by atoms with E-state index in [0.29, 0.717) is 18.2 Å². The molecule has 1 aromatic carbocycles. The summed E-state index contributed by atoms with van der Waals surface area (Å²) in [6.07, 6.45) is 7.05. The molecule has 5 nitrogen and oxygen atoms in total. The number of amides is 2. The van der Waals surface area contributed by atoms with Crippen LogP contribution in [0.5, 0.6) is 0 Å². The molecule has 31 heavy (non-hydrogen) atoms. The highest BCUT2D eigenvalue weighted by Gasteiger charge is 2.41. The van der Waals surface area contributed by atoms with Crippen LogP contribution in [0.25, 0.3) is 0 Å². The molecule has 1 aromatic heterocycles. The van der Waals surface area contributed by atoms with Crippen molar-refractivity contribution in [2.45, 2.75) is 57.2 Å². The molecule has 0 radical (unpaired) electrons. The van der Waals surface area contributed by atoms with Gasteiger partial charge in [-0.05, 0) is 54.8 Å². The molecule has 5 rings (SSSR count). The highest BCUT2D eigenvalue weighted by Crippen LogP contribution is 2.42. The Kier molecular flexibility index (Phi) is 6.10. The smallest absolute Gasteiger partial charge is 0.229 e. The summed E-state index contributed by atoms with van der Waals surface area (Å²) >= 11 is 1.60. The number of ether oxygens (including phenoxy) is 1. The highest BCUT2D eigenvalue weighted by atomic mass is 32.1. The number of thiophene rings is 1. The number of rotatable bonds is 5. The van der Waals surface area contributed by atoms with Crippen LogP contribution in [0.1, 0.15) is 55.1 Å². The molecule has 1 aliphatic carbocycles. The Morgan fingerprint density at radius 3 is 2.81 bits per heavy atom. The third-order valence-electron chi connectivity index (χ3n) is 6.99. The number of piperidine rings is 1. The maximum atomic E-state index is 12.8. The molecule has 3 fully saturated rings. The fraction of sp³-hybridized carbons (Fsp3) is 0.520. The minimum atomic E-state index is 0.00155. The van der Waals surface area contributed by atoms with E-state index in [1.54, 1.807) is 11.3 Å². The summed E-state index contributed by atoms with van der Waals surface area (Å²) in [5.41, 5.74) is 1.92. The summed E-state index contributed by atoms with van der Waals surface area (Å²) in [5.74, 6) is 1.03. The molecule has 3 heterocycles. The van der Waals surface area contributed by atoms with Crippen molar-refractivity contribution in [2.24, 2.45) is 11.8 Å². The Labute approximate surface area is 187 Å². The third-order valence-corrected chi connectivity index (χ3v) is 7.87. The van der Waals surface area contributed by atoms with Crippen LogP contribution in [0.3, 0.4) is 0 Å². The fourth-order valence-corrected chi connectivity index (χ4v) is 6.10. The molecule has 3 atom stereocenters. The first-order valence-corrected chi connectivity index (χ1v) is 12.4. The second-order valence-corrected chi connectivity index (χ2v) is 10.2. The minimum absolute atomic E-state index is 0.00155. The van der Waals surface area contributed by atoms with Crippen molar-refractivity contribution in [3.63, 3.8) is 0 Å². The van der Waals surface area contributed by atoms with Gasteiger partial charge in [0.2, 0.25) is 11.8 Å². The number of hydrogen-bond donors (Lipinski definition) is 1. The van der Waals surface area contributed by atoms with Crippen molar-refractivity contribution >= 4 is 28.8 Å². The number of fused-ring (bicyclic) bond motifs is 1. The topological polar surface area (TPSA) is 58.6 Å². The normalized spacial score (nSPS) is 26.1. The molecular formula is C25H30N2O3S. The monoisotopic (exact) mass is 438 g/mol. The standard InChI is InChI=1S/C25H30N2O3S/c28-24(15-21-9-4-12-31-21)26-20-8-3-7-18(13-20)23-14-19-16-27(11-10-22(19)30-23)25(29)17-5-1-2-6-17/h3-4,7-9,12-13,17,19,22-23H,1-2,5-6,10-11,14-16H2,(H,26,28). The largest absolute Gasteiger partial charge is 0.370 e. The molecule has 1 N–H and O–H groups in total. The Morgan fingerprint density at radius 2 is 2.00 bits per heavy atom. The second-order valence-electron chi connectivity index (χ2n) is 9.14. The first-order valence-electron chi connectivity index (χ1n) is 11.5. The number of anilines is 1. The van der Waals surface area contributed by atoms with E-state index < -0.39 is 0 Å². The van der Waals surface area contributed by atoms with Crippen molar-refractivity contribution in [3.8, 4) is 0 Å². The van der Waals surface area contributed by atoms with Gasteiger partial charge in [0.05, 0.1) is 18.6 Å². The van der Waals surface area contributed by atoms with E-state index in [9.17, 15) is 9.59 Å². The lowest BCUT2D eigenvalue weighted by Crippen LogP contribution is -2.46. The number of nitrogens with zero attached hydrogens (tertiary/aromatic N) is 1. The molecule has 3 aliphatic rings. The summed E-state index contributed by atoms with van der Waals surface area (Å²) in [6.45, 7) is 1.65. The van der Waals surface area contributed by atoms with E-state index in [1.165, 1.54) is 12.8 Å². The lowest BCUT2D eigenvalue weighted by Gasteiger charge is -2.35. The van der Waals surface area contributed by atoms with E-state index in [2.05, 4.69) is 16.3 Å². The van der Waals surface area contributed by atoms with E-state index in [0.717, 1.165) is 54.9 Å². The van der Waals surface area contributed by atoms with Crippen molar-refractivity contribution in [1.82, 2.24) is 4.90 Å². The van der Waals surface area contributed by atoms with E-state index in [4.69, 9.17) is 4.74 Å². The molecule has 3 unspecified atom stereocenters. The molecule has 2 aliphatic heterocycles. The average Bonchev–Trinajstić information content (AvgIpc) is 3.54. The van der Waals surface area contributed by atoms with Gasteiger partial charge in [-0.1, -0.05) is 31.0 Å². The average molecular weight is 439 g/mol. The van der Waals surface area contributed by atoms with Gasteiger partial charge in [0.1, 0.15) is 0 Å². The summed E-state index contributed by atoms with van der Waals surface area (Å²) in [5, 5.41) is 5.01. The maximum Gasteiger partial charge on any atom is 0.229 e. The molecule has 2 amide bonds.